The molecule has 3 rings (SSSR count). The third-order valence-corrected chi connectivity index (χ3v) is 5.92. The van der Waals surface area contributed by atoms with Crippen LogP contribution in [0.2, 0.25) is 0 Å². The van der Waals surface area contributed by atoms with E-state index in [1.807, 2.05) is 49.3 Å². The zero-order valence-corrected chi connectivity index (χ0v) is 17.6. The Morgan fingerprint density at radius 2 is 1.79 bits per heavy atom. The molecule has 5 heteroatoms. The Morgan fingerprint density at radius 1 is 1.11 bits per heavy atom. The number of hydrogen-bond donors (Lipinski definition) is 1. The fraction of sp³-hybridized carbons (Fsp3) is 0.391. The fourth-order valence-corrected chi connectivity index (χ4v) is 4.14. The molecule has 1 fully saturated rings. The maximum absolute atomic E-state index is 12.9. The summed E-state index contributed by atoms with van der Waals surface area (Å²) in [6, 6.07) is 14.1. The van der Waals surface area contributed by atoms with Gasteiger partial charge >= 0.3 is 0 Å². The van der Waals surface area contributed by atoms with Crippen LogP contribution in [0.15, 0.2) is 47.4 Å². The van der Waals surface area contributed by atoms with Gasteiger partial charge in [-0.05, 0) is 62.8 Å². The monoisotopic (exact) mass is 396 g/mol. The maximum atomic E-state index is 12.9. The van der Waals surface area contributed by atoms with E-state index in [2.05, 4.69) is 23.5 Å². The van der Waals surface area contributed by atoms with Crippen LogP contribution in [0.1, 0.15) is 39.9 Å². The number of thioether (sulfide) groups is 1. The van der Waals surface area contributed by atoms with Gasteiger partial charge in [0, 0.05) is 30.1 Å². The molecule has 1 unspecified atom stereocenters. The minimum Gasteiger partial charge on any atom is -0.352 e. The molecule has 1 saturated heterocycles. The van der Waals surface area contributed by atoms with Gasteiger partial charge in [0.1, 0.15) is 0 Å². The number of amides is 2. The number of aryl methyl sites for hydroxylation is 2. The van der Waals surface area contributed by atoms with Crippen LogP contribution in [-0.4, -0.2) is 36.1 Å². The SMILES string of the molecule is CSc1ccc(CNC(=O)C2CCCN(C(=O)c3cc(C)cc(C)c3)C2)cc1. The quantitative estimate of drug-likeness (QED) is 0.771. The second-order valence-corrected chi connectivity index (χ2v) is 8.41. The first-order valence-electron chi connectivity index (χ1n) is 9.74. The van der Waals surface area contributed by atoms with Gasteiger partial charge in [0.25, 0.3) is 5.91 Å². The summed E-state index contributed by atoms with van der Waals surface area (Å²) < 4.78 is 0. The van der Waals surface area contributed by atoms with Gasteiger partial charge in [-0.15, -0.1) is 11.8 Å². The van der Waals surface area contributed by atoms with Gasteiger partial charge in [-0.2, -0.15) is 0 Å². The highest BCUT2D eigenvalue weighted by Gasteiger charge is 2.28. The lowest BCUT2D eigenvalue weighted by atomic mass is 9.96. The molecule has 1 atom stereocenters. The Hall–Kier alpha value is -2.27. The van der Waals surface area contributed by atoms with Gasteiger partial charge in [0.2, 0.25) is 5.91 Å². The van der Waals surface area contributed by atoms with Crippen LogP contribution in [0.25, 0.3) is 0 Å². The number of nitrogens with one attached hydrogen (secondary N) is 1. The number of piperidine rings is 1. The molecule has 0 aliphatic carbocycles. The molecule has 4 nitrogen and oxygen atoms in total. The van der Waals surface area contributed by atoms with E-state index in [0.29, 0.717) is 25.2 Å². The summed E-state index contributed by atoms with van der Waals surface area (Å²) in [6.07, 6.45) is 3.73. The number of hydrogen-bond acceptors (Lipinski definition) is 3. The summed E-state index contributed by atoms with van der Waals surface area (Å²) in [5.74, 6) is -0.0853. The first kappa shape index (κ1) is 20.5. The topological polar surface area (TPSA) is 49.4 Å². The van der Waals surface area contributed by atoms with Crippen LogP contribution in [0.4, 0.5) is 0 Å². The Balaban J connectivity index is 1.58. The van der Waals surface area contributed by atoms with Crippen molar-refractivity contribution in [1.29, 1.82) is 0 Å². The van der Waals surface area contributed by atoms with Gasteiger partial charge in [-0.3, -0.25) is 9.59 Å². The van der Waals surface area contributed by atoms with Crippen LogP contribution in [0.5, 0.6) is 0 Å². The smallest absolute Gasteiger partial charge is 0.253 e. The summed E-state index contributed by atoms with van der Waals surface area (Å²) in [5.41, 5.74) is 3.97. The lowest BCUT2D eigenvalue weighted by Gasteiger charge is -2.32. The highest BCUT2D eigenvalue weighted by molar-refractivity contribution is 7.98. The summed E-state index contributed by atoms with van der Waals surface area (Å²) >= 11 is 1.70. The number of nitrogens with zero attached hydrogens (tertiary/aromatic N) is 1. The van der Waals surface area contributed by atoms with Crippen molar-refractivity contribution in [2.45, 2.75) is 38.1 Å². The van der Waals surface area contributed by atoms with Crippen molar-refractivity contribution in [2.24, 2.45) is 5.92 Å². The van der Waals surface area contributed by atoms with Crippen molar-refractivity contribution in [3.63, 3.8) is 0 Å². The van der Waals surface area contributed by atoms with Gasteiger partial charge in [-0.25, -0.2) is 0 Å². The molecular formula is C23H28N2O2S. The second-order valence-electron chi connectivity index (χ2n) is 7.53. The van der Waals surface area contributed by atoms with Gasteiger partial charge in [-0.1, -0.05) is 29.3 Å². The minimum atomic E-state index is -0.144. The molecule has 1 aliphatic heterocycles. The van der Waals surface area contributed by atoms with Crippen molar-refractivity contribution in [3.05, 3.63) is 64.7 Å². The standard InChI is InChI=1S/C23H28N2O2S/c1-16-11-17(2)13-20(12-16)23(27)25-10-4-5-19(15-25)22(26)24-14-18-6-8-21(28-3)9-7-18/h6-9,11-13,19H,4-5,10,14-15H2,1-3H3,(H,24,26). The summed E-state index contributed by atoms with van der Waals surface area (Å²) in [7, 11) is 0. The van der Waals surface area contributed by atoms with Crippen molar-refractivity contribution in [2.75, 3.05) is 19.3 Å². The van der Waals surface area contributed by atoms with Crippen LogP contribution in [0.3, 0.4) is 0 Å². The van der Waals surface area contributed by atoms with Crippen LogP contribution in [-0.2, 0) is 11.3 Å². The Labute approximate surface area is 171 Å². The van der Waals surface area contributed by atoms with Gasteiger partial charge in [0.05, 0.1) is 5.92 Å². The normalized spacial score (nSPS) is 16.7. The predicted octanol–water partition coefficient (Wildman–Crippen LogP) is 4.19. The molecule has 148 valence electrons. The molecule has 0 radical (unpaired) electrons. The van der Waals surface area contributed by atoms with Crippen LogP contribution in [0, 0.1) is 19.8 Å². The zero-order chi connectivity index (χ0) is 20.1. The first-order valence-corrected chi connectivity index (χ1v) is 11.0. The third-order valence-electron chi connectivity index (χ3n) is 5.17. The molecule has 0 aromatic heterocycles. The molecule has 28 heavy (non-hydrogen) atoms. The zero-order valence-electron chi connectivity index (χ0n) is 16.8. The van der Waals surface area contributed by atoms with E-state index in [9.17, 15) is 9.59 Å². The molecule has 2 aromatic carbocycles. The van der Waals surface area contributed by atoms with Crippen molar-refractivity contribution in [3.8, 4) is 0 Å². The first-order chi connectivity index (χ1) is 13.5. The van der Waals surface area contributed by atoms with E-state index in [0.717, 1.165) is 29.5 Å². The van der Waals surface area contributed by atoms with E-state index < -0.39 is 0 Å². The molecular weight excluding hydrogens is 368 g/mol. The van der Waals surface area contributed by atoms with Crippen molar-refractivity contribution in [1.82, 2.24) is 10.2 Å². The molecule has 1 N–H and O–H groups in total. The van der Waals surface area contributed by atoms with Crippen LogP contribution >= 0.6 is 11.8 Å². The molecule has 1 aliphatic rings. The number of carbonyl (C=O) groups is 2. The summed E-state index contributed by atoms with van der Waals surface area (Å²) in [5, 5.41) is 3.04. The highest BCUT2D eigenvalue weighted by atomic mass is 32.2. The van der Waals surface area contributed by atoms with E-state index >= 15 is 0 Å². The second kappa shape index (κ2) is 9.28. The van der Waals surface area contributed by atoms with Crippen molar-refractivity contribution < 1.29 is 9.59 Å². The Kier molecular flexibility index (Phi) is 6.79. The molecule has 1 heterocycles. The summed E-state index contributed by atoms with van der Waals surface area (Å²) in [6.45, 7) is 5.73. The molecule has 0 saturated carbocycles. The third kappa shape index (κ3) is 5.16. The lowest BCUT2D eigenvalue weighted by molar-refractivity contribution is -0.126. The van der Waals surface area contributed by atoms with Gasteiger partial charge in [0.15, 0.2) is 0 Å². The number of likely N-dealkylation sites (tertiary alicyclic amines) is 1. The maximum Gasteiger partial charge on any atom is 0.253 e. The van der Waals surface area contributed by atoms with Gasteiger partial charge < -0.3 is 10.2 Å². The Morgan fingerprint density at radius 3 is 2.43 bits per heavy atom. The molecule has 0 spiro atoms. The van der Waals surface area contributed by atoms with Crippen molar-refractivity contribution >= 4 is 23.6 Å². The van der Waals surface area contributed by atoms with E-state index in [-0.39, 0.29) is 17.7 Å². The van der Waals surface area contributed by atoms with E-state index in [1.54, 1.807) is 11.8 Å². The Bertz CT molecular complexity index is 828. The summed E-state index contributed by atoms with van der Waals surface area (Å²) in [4.78, 5) is 28.6. The van der Waals surface area contributed by atoms with E-state index in [1.165, 1.54) is 4.90 Å². The van der Waals surface area contributed by atoms with E-state index in [4.69, 9.17) is 0 Å². The average molecular weight is 397 g/mol. The van der Waals surface area contributed by atoms with Crippen LogP contribution < -0.4 is 5.32 Å². The minimum absolute atomic E-state index is 0.0250. The number of carbonyl (C=O) groups excluding carboxylic acids is 2. The molecule has 2 aromatic rings. The largest absolute Gasteiger partial charge is 0.352 e. The predicted molar refractivity (Wildman–Crippen MR) is 115 cm³/mol. The fourth-order valence-electron chi connectivity index (χ4n) is 3.73. The molecule has 2 amide bonds. The number of benzene rings is 2. The molecule has 0 bridgehead atoms. The average Bonchev–Trinajstić information content (AvgIpc) is 2.71. The lowest BCUT2D eigenvalue weighted by Crippen LogP contribution is -2.45. The highest BCUT2D eigenvalue weighted by Crippen LogP contribution is 2.20. The number of rotatable bonds is 5.